The molecule has 0 fully saturated rings. The fourth-order valence-electron chi connectivity index (χ4n) is 1.86. The highest BCUT2D eigenvalue weighted by molar-refractivity contribution is 5.91. The molecule has 0 bridgehead atoms. The van der Waals surface area contributed by atoms with E-state index in [1.54, 1.807) is 30.5 Å². The predicted octanol–water partition coefficient (Wildman–Crippen LogP) is 2.22. The van der Waals surface area contributed by atoms with E-state index in [0.717, 1.165) is 11.1 Å². The van der Waals surface area contributed by atoms with Crippen molar-refractivity contribution in [1.82, 2.24) is 4.98 Å². The first kappa shape index (κ1) is 15.5. The summed E-state index contributed by atoms with van der Waals surface area (Å²) in [5, 5.41) is 0. The van der Waals surface area contributed by atoms with E-state index in [0.29, 0.717) is 11.4 Å². The van der Waals surface area contributed by atoms with Crippen molar-refractivity contribution in [1.29, 1.82) is 0 Å². The second kappa shape index (κ2) is 6.71. The number of aromatic nitrogens is 1. The largest absolute Gasteiger partial charge is 0.459 e. The third-order valence-corrected chi connectivity index (χ3v) is 2.77. The average Bonchev–Trinajstić information content (AvgIpc) is 2.47. The van der Waals surface area contributed by atoms with E-state index in [2.05, 4.69) is 9.98 Å². The van der Waals surface area contributed by atoms with Gasteiger partial charge in [0.15, 0.2) is 11.8 Å². The van der Waals surface area contributed by atoms with E-state index in [9.17, 15) is 4.79 Å². The molecular weight excluding hydrogens is 280 g/mol. The Bertz CT molecular complexity index is 690. The molecular formula is C16H18N4O2. The standard InChI is InChI=1S/C16H18N4O2/c1-10(2)22-15(21)12-5-3-4-11(8-12)13-6-7-14(19-9-13)20-16(17)18/h3-10H,1-2H3,(H4,17,18,19,20). The van der Waals surface area contributed by atoms with Gasteiger partial charge in [-0.1, -0.05) is 12.1 Å². The van der Waals surface area contributed by atoms with Gasteiger partial charge in [-0.3, -0.25) is 0 Å². The van der Waals surface area contributed by atoms with Gasteiger partial charge in [0.05, 0.1) is 11.7 Å². The number of ether oxygens (including phenoxy) is 1. The highest BCUT2D eigenvalue weighted by Crippen LogP contribution is 2.22. The van der Waals surface area contributed by atoms with Crippen LogP contribution in [-0.2, 0) is 4.74 Å². The van der Waals surface area contributed by atoms with Crippen LogP contribution in [0.25, 0.3) is 11.1 Å². The maximum Gasteiger partial charge on any atom is 0.338 e. The third-order valence-electron chi connectivity index (χ3n) is 2.77. The van der Waals surface area contributed by atoms with E-state index in [4.69, 9.17) is 16.2 Å². The number of hydrogen-bond donors (Lipinski definition) is 2. The van der Waals surface area contributed by atoms with Gasteiger partial charge in [-0.25, -0.2) is 9.78 Å². The van der Waals surface area contributed by atoms with Crippen molar-refractivity contribution < 1.29 is 9.53 Å². The van der Waals surface area contributed by atoms with Gasteiger partial charge in [0.25, 0.3) is 0 Å². The summed E-state index contributed by atoms with van der Waals surface area (Å²) in [6.07, 6.45) is 1.49. The van der Waals surface area contributed by atoms with Crippen molar-refractivity contribution in [3.63, 3.8) is 0 Å². The molecule has 0 radical (unpaired) electrons. The highest BCUT2D eigenvalue weighted by atomic mass is 16.5. The van der Waals surface area contributed by atoms with Gasteiger partial charge in [-0.05, 0) is 43.7 Å². The number of hydrogen-bond acceptors (Lipinski definition) is 4. The van der Waals surface area contributed by atoms with Crippen LogP contribution in [0.1, 0.15) is 24.2 Å². The number of carbonyl (C=O) groups is 1. The molecule has 0 atom stereocenters. The molecule has 0 unspecified atom stereocenters. The SMILES string of the molecule is CC(C)OC(=O)c1cccc(-c2ccc(N=C(N)N)nc2)c1. The Morgan fingerprint density at radius 1 is 1.18 bits per heavy atom. The molecule has 1 aromatic carbocycles. The summed E-state index contributed by atoms with van der Waals surface area (Å²) in [5.74, 6) is 0.0414. The van der Waals surface area contributed by atoms with Crippen LogP contribution >= 0.6 is 0 Å². The molecule has 4 N–H and O–H groups in total. The number of benzene rings is 1. The summed E-state index contributed by atoms with van der Waals surface area (Å²) in [7, 11) is 0. The number of guanidine groups is 1. The second-order valence-corrected chi connectivity index (χ2v) is 4.98. The molecule has 6 heteroatoms. The van der Waals surface area contributed by atoms with Gasteiger partial charge < -0.3 is 16.2 Å². The summed E-state index contributed by atoms with van der Waals surface area (Å²) < 4.78 is 5.19. The minimum atomic E-state index is -0.345. The second-order valence-electron chi connectivity index (χ2n) is 4.98. The van der Waals surface area contributed by atoms with Crippen LogP contribution in [-0.4, -0.2) is 23.0 Å². The Labute approximate surface area is 128 Å². The van der Waals surface area contributed by atoms with E-state index < -0.39 is 0 Å². The van der Waals surface area contributed by atoms with Gasteiger partial charge in [-0.15, -0.1) is 0 Å². The molecule has 1 heterocycles. The lowest BCUT2D eigenvalue weighted by molar-refractivity contribution is 0.0378. The summed E-state index contributed by atoms with van der Waals surface area (Å²) in [4.78, 5) is 19.9. The van der Waals surface area contributed by atoms with Crippen LogP contribution in [0.3, 0.4) is 0 Å². The fourth-order valence-corrected chi connectivity index (χ4v) is 1.86. The Morgan fingerprint density at radius 2 is 1.95 bits per heavy atom. The maximum atomic E-state index is 11.9. The first-order valence-electron chi connectivity index (χ1n) is 6.83. The van der Waals surface area contributed by atoms with Crippen molar-refractivity contribution in [3.8, 4) is 11.1 Å². The number of pyridine rings is 1. The predicted molar refractivity (Wildman–Crippen MR) is 85.7 cm³/mol. The van der Waals surface area contributed by atoms with Gasteiger partial charge in [0.2, 0.25) is 0 Å². The zero-order valence-corrected chi connectivity index (χ0v) is 12.5. The Hall–Kier alpha value is -2.89. The van der Waals surface area contributed by atoms with E-state index in [-0.39, 0.29) is 18.0 Å². The molecule has 114 valence electrons. The molecule has 2 rings (SSSR count). The smallest absolute Gasteiger partial charge is 0.338 e. The van der Waals surface area contributed by atoms with Crippen LogP contribution in [0.15, 0.2) is 47.6 Å². The first-order valence-corrected chi connectivity index (χ1v) is 6.83. The molecule has 2 aromatic rings. The van der Waals surface area contributed by atoms with Crippen LogP contribution in [0, 0.1) is 0 Å². The van der Waals surface area contributed by atoms with Gasteiger partial charge in [-0.2, -0.15) is 4.99 Å². The number of aliphatic imine (C=N–C) groups is 1. The third kappa shape index (κ3) is 4.05. The van der Waals surface area contributed by atoms with Gasteiger partial charge in [0.1, 0.15) is 0 Å². The van der Waals surface area contributed by atoms with Gasteiger partial charge in [0, 0.05) is 11.8 Å². The number of nitrogens with two attached hydrogens (primary N) is 2. The van der Waals surface area contributed by atoms with Crippen LogP contribution in [0.2, 0.25) is 0 Å². The fraction of sp³-hybridized carbons (Fsp3) is 0.188. The van der Waals surface area contributed by atoms with E-state index in [1.165, 1.54) is 0 Å². The first-order chi connectivity index (χ1) is 10.5. The zero-order chi connectivity index (χ0) is 16.1. The molecule has 0 saturated heterocycles. The van der Waals surface area contributed by atoms with E-state index in [1.807, 2.05) is 26.0 Å². The number of nitrogens with zero attached hydrogens (tertiary/aromatic N) is 2. The summed E-state index contributed by atoms with van der Waals surface area (Å²) >= 11 is 0. The molecule has 0 aliphatic carbocycles. The van der Waals surface area contributed by atoms with Crippen molar-refractivity contribution in [2.24, 2.45) is 16.5 Å². The lowest BCUT2D eigenvalue weighted by atomic mass is 10.0. The average molecular weight is 298 g/mol. The minimum Gasteiger partial charge on any atom is -0.459 e. The molecule has 1 aromatic heterocycles. The Kier molecular flexibility index (Phi) is 4.73. The lowest BCUT2D eigenvalue weighted by Gasteiger charge is -2.09. The quantitative estimate of drug-likeness (QED) is 0.511. The minimum absolute atomic E-state index is 0.0429. The normalized spacial score (nSPS) is 10.3. The van der Waals surface area contributed by atoms with Crippen molar-refractivity contribution >= 4 is 17.7 Å². The van der Waals surface area contributed by atoms with Gasteiger partial charge >= 0.3 is 5.97 Å². The van der Waals surface area contributed by atoms with Crippen LogP contribution < -0.4 is 11.5 Å². The molecule has 6 nitrogen and oxygen atoms in total. The highest BCUT2D eigenvalue weighted by Gasteiger charge is 2.10. The molecule has 0 saturated carbocycles. The maximum absolute atomic E-state index is 11.9. The Balaban J connectivity index is 2.26. The topological polar surface area (TPSA) is 104 Å². The van der Waals surface area contributed by atoms with E-state index >= 15 is 0 Å². The van der Waals surface area contributed by atoms with Crippen LogP contribution in [0.5, 0.6) is 0 Å². The monoisotopic (exact) mass is 298 g/mol. The van der Waals surface area contributed by atoms with Crippen molar-refractivity contribution in [2.75, 3.05) is 0 Å². The van der Waals surface area contributed by atoms with Crippen molar-refractivity contribution in [3.05, 3.63) is 48.2 Å². The summed E-state index contributed by atoms with van der Waals surface area (Å²) in [6.45, 7) is 3.63. The van der Waals surface area contributed by atoms with Crippen molar-refractivity contribution in [2.45, 2.75) is 20.0 Å². The van der Waals surface area contributed by atoms with Crippen LogP contribution in [0.4, 0.5) is 5.82 Å². The lowest BCUT2D eigenvalue weighted by Crippen LogP contribution is -2.22. The summed E-state index contributed by atoms with van der Waals surface area (Å²) in [5.41, 5.74) is 12.8. The Morgan fingerprint density at radius 3 is 2.55 bits per heavy atom. The molecule has 22 heavy (non-hydrogen) atoms. The molecule has 0 aliphatic rings. The number of esters is 1. The molecule has 0 spiro atoms. The number of carbonyl (C=O) groups excluding carboxylic acids is 1. The summed E-state index contributed by atoms with van der Waals surface area (Å²) in [6, 6.07) is 10.7. The number of rotatable bonds is 4. The molecule has 0 amide bonds. The zero-order valence-electron chi connectivity index (χ0n) is 12.5. The molecule has 0 aliphatic heterocycles.